The molecule has 0 aliphatic carbocycles. The van der Waals surface area contributed by atoms with Crippen molar-refractivity contribution in [3.8, 4) is 11.1 Å². The Balaban J connectivity index is 0.000000303. The van der Waals surface area contributed by atoms with Crippen LogP contribution in [0.3, 0.4) is 0 Å². The molecule has 3 N–H and O–H groups in total. The van der Waals surface area contributed by atoms with E-state index in [0.717, 1.165) is 16.8 Å². The second kappa shape index (κ2) is 10.7. The molecule has 0 aliphatic heterocycles. The summed E-state index contributed by atoms with van der Waals surface area (Å²) in [6.07, 6.45) is 0.818. The van der Waals surface area contributed by atoms with Gasteiger partial charge in [-0.05, 0) is 50.1 Å². The van der Waals surface area contributed by atoms with Crippen molar-refractivity contribution in [3.05, 3.63) is 66.6 Å². The molecule has 0 spiro atoms. The van der Waals surface area contributed by atoms with Crippen LogP contribution < -0.4 is 0 Å². The van der Waals surface area contributed by atoms with Crippen LogP contribution >= 0.6 is 0 Å². The maximum atomic E-state index is 13.2. The van der Waals surface area contributed by atoms with E-state index in [1.165, 1.54) is 23.0 Å². The van der Waals surface area contributed by atoms with Crippen molar-refractivity contribution < 1.29 is 24.5 Å². The normalized spacial score (nSPS) is 11.8. The van der Waals surface area contributed by atoms with Gasteiger partial charge in [0, 0.05) is 34.8 Å². The fourth-order valence-corrected chi connectivity index (χ4v) is 3.41. The highest BCUT2D eigenvalue weighted by Gasteiger charge is 2.17. The number of carboxylic acids is 1. The van der Waals surface area contributed by atoms with Crippen LogP contribution in [-0.4, -0.2) is 38.6 Å². The molecule has 0 fully saturated rings. The Hall–Kier alpha value is -2.96. The van der Waals surface area contributed by atoms with Crippen LogP contribution in [0.25, 0.3) is 28.1 Å². The number of nitrogens with zero attached hydrogens (tertiary/aromatic N) is 1. The summed E-state index contributed by atoms with van der Waals surface area (Å²) in [6.45, 7) is 8.13. The minimum atomic E-state index is -1.05. The lowest BCUT2D eigenvalue weighted by molar-refractivity contribution is -0.139. The van der Waals surface area contributed by atoms with Crippen LogP contribution in [0, 0.1) is 5.82 Å². The quantitative estimate of drug-likeness (QED) is 0.516. The molecule has 0 amide bonds. The van der Waals surface area contributed by atoms with Gasteiger partial charge in [0.1, 0.15) is 5.82 Å². The largest absolute Gasteiger partial charge is 0.481 e. The van der Waals surface area contributed by atoms with Crippen LogP contribution in [0.5, 0.6) is 0 Å². The van der Waals surface area contributed by atoms with Crippen molar-refractivity contribution in [1.82, 2.24) is 4.57 Å². The van der Waals surface area contributed by atoms with Gasteiger partial charge in [-0.3, -0.25) is 4.79 Å². The second-order valence-electron chi connectivity index (χ2n) is 7.22. The smallest absolute Gasteiger partial charge is 0.305 e. The molecule has 0 saturated carbocycles. The summed E-state index contributed by atoms with van der Waals surface area (Å²) >= 11 is 0. The first-order chi connectivity index (χ1) is 14.3. The molecule has 30 heavy (non-hydrogen) atoms. The van der Waals surface area contributed by atoms with Crippen molar-refractivity contribution in [1.29, 1.82) is 0 Å². The molecule has 1 aromatic heterocycles. The predicted molar refractivity (Wildman–Crippen MR) is 118 cm³/mol. The lowest BCUT2D eigenvalue weighted by Crippen LogP contribution is -2.13. The van der Waals surface area contributed by atoms with Crippen molar-refractivity contribution in [2.45, 2.75) is 38.8 Å². The van der Waals surface area contributed by atoms with Gasteiger partial charge in [-0.25, -0.2) is 4.39 Å². The first-order valence-corrected chi connectivity index (χ1v) is 9.82. The van der Waals surface area contributed by atoms with E-state index in [1.54, 1.807) is 0 Å². The Kier molecular flexibility index (Phi) is 8.33. The number of benzene rings is 2. The van der Waals surface area contributed by atoms with Gasteiger partial charge in [0.25, 0.3) is 0 Å². The molecule has 1 unspecified atom stereocenters. The Morgan fingerprint density at radius 3 is 2.33 bits per heavy atom. The van der Waals surface area contributed by atoms with E-state index in [0.29, 0.717) is 6.04 Å². The fourth-order valence-electron chi connectivity index (χ4n) is 3.41. The zero-order valence-corrected chi connectivity index (χ0v) is 17.3. The van der Waals surface area contributed by atoms with Gasteiger partial charge in [-0.1, -0.05) is 36.9 Å². The summed E-state index contributed by atoms with van der Waals surface area (Å²) in [4.78, 5) is 9.84. The average Bonchev–Trinajstić information content (AvgIpc) is 3.03. The molecular formula is C24H28FNO4. The van der Waals surface area contributed by atoms with E-state index in [9.17, 15) is 9.18 Å². The molecule has 0 bridgehead atoms. The number of aliphatic hydroxyl groups is 2. The number of rotatable bonds is 7. The molecule has 3 rings (SSSR count). The molecule has 0 aliphatic rings. The molecule has 5 nitrogen and oxygen atoms in total. The number of hydrogen-bond donors (Lipinski definition) is 3. The Morgan fingerprint density at radius 1 is 1.17 bits per heavy atom. The number of aliphatic carboxylic acids is 1. The highest BCUT2D eigenvalue weighted by Crippen LogP contribution is 2.37. The summed E-state index contributed by atoms with van der Waals surface area (Å²) in [6, 6.07) is 15.3. The van der Waals surface area contributed by atoms with Gasteiger partial charge >= 0.3 is 5.97 Å². The SMILES string of the molecule is C=Cc1c(-c2ccc(F)cc2)c2ccccc2n1C(C)C.O=C(O)CC(O)CCO. The number of halogens is 1. The number of aliphatic hydroxyl groups excluding tert-OH is 2. The minimum Gasteiger partial charge on any atom is -0.481 e. The van der Waals surface area contributed by atoms with Gasteiger partial charge in [0.2, 0.25) is 0 Å². The van der Waals surface area contributed by atoms with Crippen LogP contribution in [0.15, 0.2) is 55.1 Å². The van der Waals surface area contributed by atoms with Gasteiger partial charge in [0.15, 0.2) is 0 Å². The lowest BCUT2D eigenvalue weighted by atomic mass is 10.0. The van der Waals surface area contributed by atoms with Crippen LogP contribution in [0.1, 0.15) is 38.4 Å². The Bertz CT molecular complexity index is 992. The number of aromatic nitrogens is 1. The number of carboxylic acid groups (broad SMARTS) is 1. The first kappa shape index (κ1) is 23.3. The number of para-hydroxylation sites is 1. The van der Waals surface area contributed by atoms with Crippen molar-refractivity contribution >= 4 is 22.9 Å². The van der Waals surface area contributed by atoms with Gasteiger partial charge in [-0.2, -0.15) is 0 Å². The van der Waals surface area contributed by atoms with Crippen molar-refractivity contribution in [2.24, 2.45) is 0 Å². The molecule has 6 heteroatoms. The first-order valence-electron chi connectivity index (χ1n) is 9.82. The third-order valence-electron chi connectivity index (χ3n) is 4.66. The highest BCUT2D eigenvalue weighted by molar-refractivity contribution is 6.00. The van der Waals surface area contributed by atoms with E-state index < -0.39 is 12.1 Å². The number of carbonyl (C=O) groups is 1. The molecule has 1 heterocycles. The maximum absolute atomic E-state index is 13.2. The topological polar surface area (TPSA) is 82.7 Å². The monoisotopic (exact) mass is 413 g/mol. The summed E-state index contributed by atoms with van der Waals surface area (Å²) in [5.41, 5.74) is 4.40. The molecule has 1 atom stereocenters. The van der Waals surface area contributed by atoms with Crippen LogP contribution in [-0.2, 0) is 4.79 Å². The maximum Gasteiger partial charge on any atom is 0.305 e. The van der Waals surface area contributed by atoms with E-state index in [2.05, 4.69) is 37.1 Å². The summed E-state index contributed by atoms with van der Waals surface area (Å²) in [5, 5.41) is 26.1. The van der Waals surface area contributed by atoms with E-state index in [4.69, 9.17) is 15.3 Å². The van der Waals surface area contributed by atoms with Gasteiger partial charge in [-0.15, -0.1) is 0 Å². The molecule has 0 radical (unpaired) electrons. The zero-order valence-electron chi connectivity index (χ0n) is 17.3. The minimum absolute atomic E-state index is 0.131. The standard InChI is InChI=1S/C19H18FN.C5H10O4/c1-4-17-19(14-9-11-15(20)12-10-14)16-7-5-6-8-18(16)21(17)13(2)3;6-2-1-4(7)3-5(8)9/h4-13H,1H2,2-3H3;4,6-7H,1-3H2,(H,8,9). The number of fused-ring (bicyclic) bond motifs is 1. The van der Waals surface area contributed by atoms with Gasteiger partial charge in [0.05, 0.1) is 12.5 Å². The van der Waals surface area contributed by atoms with E-state index in [-0.39, 0.29) is 25.3 Å². The highest BCUT2D eigenvalue weighted by atomic mass is 19.1. The van der Waals surface area contributed by atoms with E-state index >= 15 is 0 Å². The third-order valence-corrected chi connectivity index (χ3v) is 4.66. The molecule has 0 saturated heterocycles. The molecule has 2 aromatic carbocycles. The fraction of sp³-hybridized carbons (Fsp3) is 0.292. The van der Waals surface area contributed by atoms with Crippen LogP contribution in [0.2, 0.25) is 0 Å². The zero-order chi connectivity index (χ0) is 22.3. The summed E-state index contributed by atoms with van der Waals surface area (Å²) in [5.74, 6) is -1.26. The Labute approximate surface area is 175 Å². The summed E-state index contributed by atoms with van der Waals surface area (Å²) < 4.78 is 15.5. The second-order valence-corrected chi connectivity index (χ2v) is 7.22. The third kappa shape index (κ3) is 5.55. The van der Waals surface area contributed by atoms with Crippen molar-refractivity contribution in [3.63, 3.8) is 0 Å². The molecule has 160 valence electrons. The van der Waals surface area contributed by atoms with Crippen molar-refractivity contribution in [2.75, 3.05) is 6.61 Å². The molecule has 3 aromatic rings. The van der Waals surface area contributed by atoms with Gasteiger partial charge < -0.3 is 19.9 Å². The van der Waals surface area contributed by atoms with E-state index in [1.807, 2.05) is 30.3 Å². The number of hydrogen-bond acceptors (Lipinski definition) is 3. The average molecular weight is 413 g/mol. The van der Waals surface area contributed by atoms with Crippen LogP contribution in [0.4, 0.5) is 4.39 Å². The predicted octanol–water partition coefficient (Wildman–Crippen LogP) is 4.88. The lowest BCUT2D eigenvalue weighted by Gasteiger charge is -2.13. The molecular weight excluding hydrogens is 385 g/mol. The summed E-state index contributed by atoms with van der Waals surface area (Å²) in [7, 11) is 0. The Morgan fingerprint density at radius 2 is 1.80 bits per heavy atom.